The summed E-state index contributed by atoms with van der Waals surface area (Å²) in [6, 6.07) is 7.79. The van der Waals surface area contributed by atoms with Crippen LogP contribution in [0.25, 0.3) is 11.0 Å². The fourth-order valence-electron chi connectivity index (χ4n) is 4.34. The molecule has 3 amide bonds. The highest BCUT2D eigenvalue weighted by molar-refractivity contribution is 6.04. The number of imidazole rings is 1. The number of primary amides is 1. The molecule has 0 radical (unpaired) electrons. The number of amides is 3. The zero-order valence-corrected chi connectivity index (χ0v) is 24.2. The fourth-order valence-corrected chi connectivity index (χ4v) is 4.34. The molecule has 15 heteroatoms. The number of anilines is 1. The van der Waals surface area contributed by atoms with Gasteiger partial charge in [-0.15, -0.1) is 0 Å². The highest BCUT2D eigenvalue weighted by Gasteiger charge is 2.21. The van der Waals surface area contributed by atoms with Crippen molar-refractivity contribution in [2.24, 2.45) is 5.73 Å². The van der Waals surface area contributed by atoms with Crippen LogP contribution in [-0.2, 0) is 29.2 Å². The van der Waals surface area contributed by atoms with Gasteiger partial charge in [0, 0.05) is 31.4 Å². The number of carbonyl (C=O) groups is 4. The summed E-state index contributed by atoms with van der Waals surface area (Å²) < 4.78 is 18.7. The standard InChI is InChI=1S/C28H32N8O7/c1-5-36-21(11-16(2)34-36)25(38)33-27-32-20-12-18(24(29)37)13-22(41-3)23(20)35(27)10-6-9-30-28(40)43-15-19-8-7-17(14-31-19)26(39)42-4/h7-8,11-14H,5-6,9-10,15H2,1-4H3,(H2,29,37)(H,30,40)(H,32,33,38). The largest absolute Gasteiger partial charge is 0.494 e. The second-order valence-corrected chi connectivity index (χ2v) is 9.32. The second-order valence-electron chi connectivity index (χ2n) is 9.32. The summed E-state index contributed by atoms with van der Waals surface area (Å²) in [7, 11) is 2.73. The van der Waals surface area contributed by atoms with E-state index in [1.165, 1.54) is 38.6 Å². The van der Waals surface area contributed by atoms with Gasteiger partial charge in [-0.1, -0.05) is 0 Å². The maximum Gasteiger partial charge on any atom is 0.407 e. The average Bonchev–Trinajstić information content (AvgIpc) is 3.56. The van der Waals surface area contributed by atoms with E-state index in [1.54, 1.807) is 28.3 Å². The number of rotatable bonds is 12. The molecule has 0 saturated heterocycles. The monoisotopic (exact) mass is 592 g/mol. The number of aromatic nitrogens is 5. The summed E-state index contributed by atoms with van der Waals surface area (Å²) >= 11 is 0. The first-order chi connectivity index (χ1) is 20.6. The van der Waals surface area contributed by atoms with Gasteiger partial charge in [0.15, 0.2) is 0 Å². The van der Waals surface area contributed by atoms with Gasteiger partial charge in [-0.25, -0.2) is 14.6 Å². The van der Waals surface area contributed by atoms with Gasteiger partial charge >= 0.3 is 12.1 Å². The van der Waals surface area contributed by atoms with Gasteiger partial charge in [-0.05, 0) is 50.6 Å². The van der Waals surface area contributed by atoms with Crippen molar-refractivity contribution < 1.29 is 33.4 Å². The molecule has 226 valence electrons. The molecule has 43 heavy (non-hydrogen) atoms. The molecule has 0 unspecified atom stereocenters. The number of nitrogens with one attached hydrogen (secondary N) is 2. The normalized spacial score (nSPS) is 10.8. The van der Waals surface area contributed by atoms with E-state index in [1.807, 2.05) is 6.92 Å². The number of esters is 1. The van der Waals surface area contributed by atoms with Crippen molar-refractivity contribution in [3.63, 3.8) is 0 Å². The Hall–Kier alpha value is -5.47. The highest BCUT2D eigenvalue weighted by atomic mass is 16.5. The molecular formula is C28H32N8O7. The van der Waals surface area contributed by atoms with Gasteiger partial charge < -0.3 is 29.8 Å². The number of hydrogen-bond donors (Lipinski definition) is 3. The Morgan fingerprint density at radius 3 is 2.51 bits per heavy atom. The molecule has 0 spiro atoms. The predicted octanol–water partition coefficient (Wildman–Crippen LogP) is 2.42. The molecule has 3 heterocycles. The Morgan fingerprint density at radius 1 is 1.07 bits per heavy atom. The minimum absolute atomic E-state index is 0.0944. The molecule has 0 bridgehead atoms. The van der Waals surface area contributed by atoms with Crippen LogP contribution in [0.15, 0.2) is 36.5 Å². The minimum atomic E-state index is -0.658. The number of methoxy groups -OCH3 is 2. The molecule has 0 aliphatic carbocycles. The first-order valence-corrected chi connectivity index (χ1v) is 13.3. The van der Waals surface area contributed by atoms with E-state index >= 15 is 0 Å². The van der Waals surface area contributed by atoms with Crippen LogP contribution in [0.5, 0.6) is 5.75 Å². The highest BCUT2D eigenvalue weighted by Crippen LogP contribution is 2.31. The lowest BCUT2D eigenvalue weighted by atomic mass is 10.1. The van der Waals surface area contributed by atoms with E-state index < -0.39 is 23.9 Å². The summed E-state index contributed by atoms with van der Waals surface area (Å²) in [5.74, 6) is -1.03. The van der Waals surface area contributed by atoms with Crippen molar-refractivity contribution in [3.8, 4) is 5.75 Å². The Morgan fingerprint density at radius 2 is 1.86 bits per heavy atom. The number of hydrogen-bond acceptors (Lipinski definition) is 10. The van der Waals surface area contributed by atoms with Crippen LogP contribution in [0.2, 0.25) is 0 Å². The number of alkyl carbamates (subject to hydrolysis) is 1. The van der Waals surface area contributed by atoms with Crippen molar-refractivity contribution in [2.75, 3.05) is 26.1 Å². The quantitative estimate of drug-likeness (QED) is 0.162. The van der Waals surface area contributed by atoms with E-state index in [0.29, 0.717) is 53.4 Å². The summed E-state index contributed by atoms with van der Waals surface area (Å²) in [5, 5.41) is 9.83. The summed E-state index contributed by atoms with van der Waals surface area (Å²) in [4.78, 5) is 57.5. The van der Waals surface area contributed by atoms with Gasteiger partial charge in [-0.2, -0.15) is 5.10 Å². The number of aryl methyl sites for hydroxylation is 3. The molecular weight excluding hydrogens is 560 g/mol. The third-order valence-electron chi connectivity index (χ3n) is 6.40. The van der Waals surface area contributed by atoms with Crippen LogP contribution < -0.4 is 21.1 Å². The number of carbonyl (C=O) groups excluding carboxylic acids is 4. The van der Waals surface area contributed by atoms with Crippen LogP contribution in [0.3, 0.4) is 0 Å². The minimum Gasteiger partial charge on any atom is -0.494 e. The number of ether oxygens (including phenoxy) is 3. The number of nitrogens with zero attached hydrogens (tertiary/aromatic N) is 5. The van der Waals surface area contributed by atoms with Crippen molar-refractivity contribution in [2.45, 2.75) is 40.0 Å². The van der Waals surface area contributed by atoms with E-state index in [2.05, 4.69) is 30.4 Å². The summed E-state index contributed by atoms with van der Waals surface area (Å²) in [6.45, 7) is 4.61. The molecule has 15 nitrogen and oxygen atoms in total. The molecule has 4 rings (SSSR count). The Bertz CT molecular complexity index is 1660. The zero-order chi connectivity index (χ0) is 31.1. The van der Waals surface area contributed by atoms with Gasteiger partial charge in [0.25, 0.3) is 5.91 Å². The van der Waals surface area contributed by atoms with E-state index in [0.717, 1.165) is 0 Å². The third kappa shape index (κ3) is 7.06. The maximum atomic E-state index is 13.2. The molecule has 1 aromatic carbocycles. The topological polar surface area (TPSA) is 195 Å². The first-order valence-electron chi connectivity index (χ1n) is 13.3. The third-order valence-corrected chi connectivity index (χ3v) is 6.40. The maximum absolute atomic E-state index is 13.2. The van der Waals surface area contributed by atoms with E-state index in [-0.39, 0.29) is 30.2 Å². The Balaban J connectivity index is 1.46. The van der Waals surface area contributed by atoms with Crippen LogP contribution in [0, 0.1) is 6.92 Å². The second kappa shape index (κ2) is 13.5. The SMILES string of the molecule is CCn1nc(C)cc1C(=O)Nc1nc2cc(C(N)=O)cc(OC)c2n1CCCNC(=O)OCc1ccc(C(=O)OC)cn1. The van der Waals surface area contributed by atoms with Crippen molar-refractivity contribution in [1.29, 1.82) is 0 Å². The van der Waals surface area contributed by atoms with E-state index in [4.69, 9.17) is 15.2 Å². The van der Waals surface area contributed by atoms with Crippen molar-refractivity contribution in [1.82, 2.24) is 29.6 Å². The van der Waals surface area contributed by atoms with Gasteiger partial charge in [0.05, 0.1) is 36.7 Å². The summed E-state index contributed by atoms with van der Waals surface area (Å²) in [6.07, 6.45) is 1.10. The van der Waals surface area contributed by atoms with Crippen molar-refractivity contribution in [3.05, 3.63) is 64.7 Å². The van der Waals surface area contributed by atoms with E-state index in [9.17, 15) is 19.2 Å². The van der Waals surface area contributed by atoms with Crippen LogP contribution in [-0.4, -0.2) is 69.0 Å². The average molecular weight is 593 g/mol. The lowest BCUT2D eigenvalue weighted by Gasteiger charge is -2.13. The summed E-state index contributed by atoms with van der Waals surface area (Å²) in [5.41, 5.74) is 8.41. The Labute approximate surface area is 246 Å². The molecule has 0 fully saturated rings. The van der Waals surface area contributed by atoms with Gasteiger partial charge in [-0.3, -0.25) is 24.6 Å². The molecule has 0 aliphatic rings. The lowest BCUT2D eigenvalue weighted by Crippen LogP contribution is -2.26. The fraction of sp³-hybridized carbons (Fsp3) is 0.321. The Kier molecular flexibility index (Phi) is 9.54. The number of benzene rings is 1. The molecule has 4 N–H and O–H groups in total. The molecule has 0 aliphatic heterocycles. The number of nitrogens with two attached hydrogens (primary N) is 1. The van der Waals surface area contributed by atoms with Gasteiger partial charge in [0.1, 0.15) is 23.6 Å². The molecule has 0 saturated carbocycles. The number of pyridine rings is 1. The van der Waals surface area contributed by atoms with Gasteiger partial charge in [0.2, 0.25) is 11.9 Å². The first kappa shape index (κ1) is 30.5. The van der Waals surface area contributed by atoms with Crippen molar-refractivity contribution >= 4 is 40.9 Å². The molecule has 3 aromatic heterocycles. The smallest absolute Gasteiger partial charge is 0.407 e. The lowest BCUT2D eigenvalue weighted by molar-refractivity contribution is 0.0599. The van der Waals surface area contributed by atoms with Crippen LogP contribution in [0.4, 0.5) is 10.7 Å². The predicted molar refractivity (Wildman–Crippen MR) is 154 cm³/mol. The molecule has 0 atom stereocenters. The zero-order valence-electron chi connectivity index (χ0n) is 24.2. The van der Waals surface area contributed by atoms with Crippen LogP contribution >= 0.6 is 0 Å². The van der Waals surface area contributed by atoms with Crippen LogP contribution in [0.1, 0.15) is 55.9 Å². The molecule has 4 aromatic rings. The number of fused-ring (bicyclic) bond motifs is 1.